The van der Waals surface area contributed by atoms with Gasteiger partial charge in [0.25, 0.3) is 0 Å². The van der Waals surface area contributed by atoms with Crippen LogP contribution < -0.4 is 5.32 Å². The quantitative estimate of drug-likeness (QED) is 0.288. The van der Waals surface area contributed by atoms with E-state index < -0.39 is 71.2 Å². The van der Waals surface area contributed by atoms with Gasteiger partial charge in [0.15, 0.2) is 0 Å². The maximum absolute atomic E-state index is 13.4. The van der Waals surface area contributed by atoms with Crippen molar-refractivity contribution in [3.63, 3.8) is 0 Å². The topological polar surface area (TPSA) is 38.3 Å². The second-order valence-corrected chi connectivity index (χ2v) is 9.00. The summed E-state index contributed by atoms with van der Waals surface area (Å²) in [7, 11) is 0. The maximum atomic E-state index is 13.4. The van der Waals surface area contributed by atoms with Crippen LogP contribution in [0.4, 0.5) is 39.5 Å². The van der Waals surface area contributed by atoms with Crippen LogP contribution in [-0.2, 0) is 28.1 Å². The van der Waals surface area contributed by atoms with Crippen LogP contribution in [0.1, 0.15) is 66.0 Å². The van der Waals surface area contributed by atoms with E-state index in [-0.39, 0.29) is 36.1 Å². The molecule has 0 amide bonds. The van der Waals surface area contributed by atoms with E-state index in [1.165, 1.54) is 6.92 Å². The van der Waals surface area contributed by atoms with E-state index in [1.54, 1.807) is 0 Å². The van der Waals surface area contributed by atoms with E-state index in [2.05, 4.69) is 5.32 Å². The number of hydrogen-bond acceptors (Lipinski definition) is 3. The van der Waals surface area contributed by atoms with Gasteiger partial charge >= 0.3 is 24.5 Å². The molecule has 0 spiro atoms. The number of rotatable bonds is 6. The van der Waals surface area contributed by atoms with E-state index in [1.807, 2.05) is 0 Å². The van der Waals surface area contributed by atoms with Crippen molar-refractivity contribution in [2.45, 2.75) is 62.7 Å². The lowest BCUT2D eigenvalue weighted by Crippen LogP contribution is -2.33. The molecule has 3 nitrogen and oxygen atoms in total. The number of carbonyl (C=O) groups is 1. The molecule has 0 aliphatic carbocycles. The number of hydrogen-bond donors (Lipinski definition) is 1. The van der Waals surface area contributed by atoms with Crippen molar-refractivity contribution >= 4 is 17.6 Å². The van der Waals surface area contributed by atoms with Crippen molar-refractivity contribution in [3.8, 4) is 0 Å². The molecule has 0 aromatic heterocycles. The third kappa shape index (κ3) is 7.10. The van der Waals surface area contributed by atoms with E-state index in [0.717, 1.165) is 18.2 Å². The fourth-order valence-electron chi connectivity index (χ4n) is 4.41. The van der Waals surface area contributed by atoms with Crippen molar-refractivity contribution < 1.29 is 49.0 Å². The Balaban J connectivity index is 2.02. The molecular weight excluding hydrogens is 541 g/mol. The van der Waals surface area contributed by atoms with Crippen LogP contribution in [0.15, 0.2) is 36.4 Å². The van der Waals surface area contributed by atoms with Crippen LogP contribution in [0, 0.1) is 0 Å². The predicted octanol–water partition coefficient (Wildman–Crippen LogP) is 7.93. The molecule has 1 aliphatic heterocycles. The summed E-state index contributed by atoms with van der Waals surface area (Å²) < 4.78 is 125. The molecular formula is C24H21ClF9NO2. The highest BCUT2D eigenvalue weighted by atomic mass is 35.5. The third-order valence-electron chi connectivity index (χ3n) is 6.10. The van der Waals surface area contributed by atoms with Crippen LogP contribution >= 0.6 is 11.6 Å². The zero-order chi connectivity index (χ0) is 27.8. The van der Waals surface area contributed by atoms with Crippen molar-refractivity contribution in [3.05, 3.63) is 69.2 Å². The fourth-order valence-corrected chi connectivity index (χ4v) is 4.66. The van der Waals surface area contributed by atoms with Gasteiger partial charge < -0.3 is 10.1 Å². The van der Waals surface area contributed by atoms with Gasteiger partial charge in [-0.05, 0) is 67.3 Å². The van der Waals surface area contributed by atoms with Gasteiger partial charge in [0.2, 0.25) is 0 Å². The minimum Gasteiger partial charge on any atom is -0.466 e. The zero-order valence-corrected chi connectivity index (χ0v) is 19.9. The van der Waals surface area contributed by atoms with Crippen LogP contribution in [0.25, 0.3) is 0 Å². The molecule has 13 heteroatoms. The molecule has 0 bridgehead atoms. The first-order valence-corrected chi connectivity index (χ1v) is 11.5. The van der Waals surface area contributed by atoms with E-state index >= 15 is 0 Å². The first kappa shape index (κ1) is 29.1. The summed E-state index contributed by atoms with van der Waals surface area (Å²) in [5.41, 5.74) is -4.37. The molecule has 204 valence electrons. The normalized spacial score (nSPS) is 19.6. The molecule has 2 aromatic rings. The van der Waals surface area contributed by atoms with Crippen LogP contribution in [0.5, 0.6) is 0 Å². The van der Waals surface area contributed by atoms with Gasteiger partial charge in [0.05, 0.1) is 29.7 Å². The lowest BCUT2D eigenvalue weighted by molar-refractivity contribution is -0.144. The second kappa shape index (κ2) is 10.7. The average Bonchev–Trinajstić information content (AvgIpc) is 3.25. The number of halogens is 10. The Bertz CT molecular complexity index is 1100. The number of esters is 1. The van der Waals surface area contributed by atoms with Gasteiger partial charge in [-0.1, -0.05) is 11.6 Å². The smallest absolute Gasteiger partial charge is 0.416 e. The number of alkyl halides is 9. The molecule has 0 radical (unpaired) electrons. The zero-order valence-electron chi connectivity index (χ0n) is 19.1. The average molecular weight is 562 g/mol. The van der Waals surface area contributed by atoms with Gasteiger partial charge in [-0.15, -0.1) is 0 Å². The molecule has 0 saturated carbocycles. The summed E-state index contributed by atoms with van der Waals surface area (Å²) in [4.78, 5) is 12.3. The standard InChI is InChI=1S/C24H21ClF9NO2/c1-2-37-21(36)11-16(12-7-14(23(29,30)31)9-15(8-12)24(32,33)34)19-5-6-20(35-19)17-10-13(22(26,27)28)3-4-18(17)25/h3-4,7-10,16,19-20,35H,2,5-6,11H2,1H3/t16-,19+,20+/m1/s1. The van der Waals surface area contributed by atoms with Gasteiger partial charge in [0.1, 0.15) is 0 Å². The summed E-state index contributed by atoms with van der Waals surface area (Å²) in [5.74, 6) is -2.04. The Morgan fingerprint density at radius 3 is 2.00 bits per heavy atom. The van der Waals surface area contributed by atoms with Gasteiger partial charge in [-0.3, -0.25) is 4.79 Å². The predicted molar refractivity (Wildman–Crippen MR) is 116 cm³/mol. The number of carbonyl (C=O) groups excluding carboxylic acids is 1. The largest absolute Gasteiger partial charge is 0.466 e. The highest BCUT2D eigenvalue weighted by Crippen LogP contribution is 2.43. The van der Waals surface area contributed by atoms with Crippen molar-refractivity contribution in [1.82, 2.24) is 5.32 Å². The Kier molecular flexibility index (Phi) is 8.43. The van der Waals surface area contributed by atoms with E-state index in [9.17, 15) is 44.3 Å². The van der Waals surface area contributed by atoms with Gasteiger partial charge in [0, 0.05) is 23.0 Å². The maximum Gasteiger partial charge on any atom is 0.416 e. The summed E-state index contributed by atoms with van der Waals surface area (Å²) in [6, 6.07) is 2.14. The number of ether oxygens (including phenoxy) is 1. The van der Waals surface area contributed by atoms with Crippen LogP contribution in [-0.4, -0.2) is 18.6 Å². The minimum atomic E-state index is -5.10. The first-order valence-electron chi connectivity index (χ1n) is 11.1. The van der Waals surface area contributed by atoms with E-state index in [4.69, 9.17) is 16.3 Å². The van der Waals surface area contributed by atoms with Crippen LogP contribution in [0.3, 0.4) is 0 Å². The van der Waals surface area contributed by atoms with Gasteiger partial charge in [-0.25, -0.2) is 0 Å². The summed E-state index contributed by atoms with van der Waals surface area (Å²) in [5, 5.41) is 2.97. The molecule has 3 rings (SSSR count). The fraction of sp³-hybridized carbons (Fsp3) is 0.458. The number of benzene rings is 2. The summed E-state index contributed by atoms with van der Waals surface area (Å²) in [6.07, 6.45) is -15.1. The molecule has 1 saturated heterocycles. The van der Waals surface area contributed by atoms with Crippen molar-refractivity contribution in [1.29, 1.82) is 0 Å². The molecule has 1 N–H and O–H groups in total. The van der Waals surface area contributed by atoms with Crippen molar-refractivity contribution in [2.75, 3.05) is 6.61 Å². The molecule has 1 fully saturated rings. The number of nitrogens with one attached hydrogen (secondary N) is 1. The Morgan fingerprint density at radius 1 is 0.919 bits per heavy atom. The first-order chi connectivity index (χ1) is 17.0. The monoisotopic (exact) mass is 561 g/mol. The van der Waals surface area contributed by atoms with Gasteiger partial charge in [-0.2, -0.15) is 39.5 Å². The Labute approximate surface area is 210 Å². The molecule has 1 heterocycles. The van der Waals surface area contributed by atoms with E-state index in [0.29, 0.717) is 12.1 Å². The molecule has 37 heavy (non-hydrogen) atoms. The summed E-state index contributed by atoms with van der Waals surface area (Å²) in [6.45, 7) is 1.42. The summed E-state index contributed by atoms with van der Waals surface area (Å²) >= 11 is 6.11. The lowest BCUT2D eigenvalue weighted by Gasteiger charge is -2.27. The lowest BCUT2D eigenvalue weighted by atomic mass is 9.85. The molecule has 0 unspecified atom stereocenters. The molecule has 3 atom stereocenters. The Morgan fingerprint density at radius 2 is 1.49 bits per heavy atom. The van der Waals surface area contributed by atoms with Crippen LogP contribution in [0.2, 0.25) is 5.02 Å². The molecule has 1 aliphatic rings. The molecule has 2 aromatic carbocycles. The highest BCUT2D eigenvalue weighted by Gasteiger charge is 2.40. The third-order valence-corrected chi connectivity index (χ3v) is 6.44. The minimum absolute atomic E-state index is 0.00604. The van der Waals surface area contributed by atoms with Crippen molar-refractivity contribution in [2.24, 2.45) is 0 Å². The Hall–Kier alpha value is -2.47. The SMILES string of the molecule is CCOC(=O)C[C@H](c1cc(C(F)(F)F)cc(C(F)(F)F)c1)[C@@H]1CC[C@@H](c2cc(C(F)(F)F)ccc2Cl)N1. The highest BCUT2D eigenvalue weighted by molar-refractivity contribution is 6.31. The second-order valence-electron chi connectivity index (χ2n) is 8.59.